The van der Waals surface area contributed by atoms with Gasteiger partial charge in [0, 0.05) is 35.3 Å². The van der Waals surface area contributed by atoms with Gasteiger partial charge < -0.3 is 15.2 Å². The number of rotatable bonds is 5. The van der Waals surface area contributed by atoms with Gasteiger partial charge in [-0.3, -0.25) is 19.5 Å². The Kier molecular flexibility index (Phi) is 6.98. The average molecular weight is 528 g/mol. The molecule has 0 fully saturated rings. The zero-order chi connectivity index (χ0) is 27.7. The highest BCUT2D eigenvalue weighted by Gasteiger charge is 2.51. The van der Waals surface area contributed by atoms with Crippen LogP contribution in [0.3, 0.4) is 0 Å². The molecule has 0 bridgehead atoms. The minimum atomic E-state index is -1.16. The fourth-order valence-corrected chi connectivity index (χ4v) is 5.51. The van der Waals surface area contributed by atoms with E-state index in [1.54, 1.807) is 29.4 Å². The van der Waals surface area contributed by atoms with E-state index in [0.717, 1.165) is 5.56 Å². The fraction of sp³-hybridized carbons (Fsp3) is 0.200. The van der Waals surface area contributed by atoms with Crippen molar-refractivity contribution in [2.45, 2.75) is 18.3 Å². The lowest BCUT2D eigenvalue weighted by Crippen LogP contribution is -2.46. The molecule has 8 nitrogen and oxygen atoms in total. The van der Waals surface area contributed by atoms with Crippen LogP contribution in [0.5, 0.6) is 0 Å². The monoisotopic (exact) mass is 527 g/mol. The number of pyridine rings is 1. The summed E-state index contributed by atoms with van der Waals surface area (Å²) >= 11 is 0. The number of benzene rings is 2. The van der Waals surface area contributed by atoms with E-state index in [2.05, 4.69) is 4.98 Å². The molecule has 2 aliphatic rings. The van der Waals surface area contributed by atoms with E-state index in [1.807, 2.05) is 30.3 Å². The standard InChI is InChI=1S/C30H26FN3O5/c1-38-29(36)24-21(17-7-4-3-5-8-17)15-22-25(27(24)35)23(18-9-6-14-33-16-18)26(30(37)39-2)28(32)34(22)20-12-10-19(31)11-13-20/h3-14,16,21,23-24H,15,32H2,1-2H3. The Labute approximate surface area is 224 Å². The van der Waals surface area contributed by atoms with E-state index in [9.17, 15) is 18.8 Å². The van der Waals surface area contributed by atoms with Crippen LogP contribution in [0.25, 0.3) is 0 Å². The summed E-state index contributed by atoms with van der Waals surface area (Å²) < 4.78 is 24.1. The second-order valence-corrected chi connectivity index (χ2v) is 9.27. The van der Waals surface area contributed by atoms with Crippen molar-refractivity contribution in [3.63, 3.8) is 0 Å². The Morgan fingerprint density at radius 2 is 1.67 bits per heavy atom. The number of carbonyl (C=O) groups is 3. The van der Waals surface area contributed by atoms with Gasteiger partial charge in [0.25, 0.3) is 0 Å². The van der Waals surface area contributed by atoms with Crippen molar-refractivity contribution in [2.24, 2.45) is 11.7 Å². The van der Waals surface area contributed by atoms with Gasteiger partial charge in [-0.15, -0.1) is 0 Å². The number of methoxy groups -OCH3 is 2. The highest BCUT2D eigenvalue weighted by Crippen LogP contribution is 2.51. The maximum atomic E-state index is 14.4. The number of hydrogen-bond donors (Lipinski definition) is 1. The van der Waals surface area contributed by atoms with Crippen LogP contribution >= 0.6 is 0 Å². The van der Waals surface area contributed by atoms with Crippen molar-refractivity contribution >= 4 is 23.4 Å². The second kappa shape index (κ2) is 10.5. The molecule has 9 heteroatoms. The number of nitrogens with two attached hydrogens (primary N) is 1. The Balaban J connectivity index is 1.82. The summed E-state index contributed by atoms with van der Waals surface area (Å²) in [6.07, 6.45) is 3.33. The van der Waals surface area contributed by atoms with Gasteiger partial charge in [-0.05, 0) is 47.9 Å². The highest BCUT2D eigenvalue weighted by atomic mass is 19.1. The SMILES string of the molecule is COC(=O)C1=C(N)N(c2ccc(F)cc2)C2=C(C(=O)C(C(=O)OC)C(c3ccccc3)C2)C1c1cccnc1. The molecule has 1 aliphatic heterocycles. The maximum Gasteiger partial charge on any atom is 0.338 e. The molecule has 1 aliphatic carbocycles. The van der Waals surface area contributed by atoms with Gasteiger partial charge in [-0.2, -0.15) is 0 Å². The van der Waals surface area contributed by atoms with E-state index in [1.165, 1.54) is 38.5 Å². The van der Waals surface area contributed by atoms with Crippen LogP contribution in [0.1, 0.15) is 29.4 Å². The molecule has 2 N–H and O–H groups in total. The number of Topliss-reactive ketones (excluding diaryl/α,β-unsaturated/α-hetero) is 1. The summed E-state index contributed by atoms with van der Waals surface area (Å²) in [5, 5.41) is 0. The van der Waals surface area contributed by atoms with E-state index in [4.69, 9.17) is 15.2 Å². The maximum absolute atomic E-state index is 14.4. The molecular formula is C30H26FN3O5. The lowest BCUT2D eigenvalue weighted by molar-refractivity contribution is -0.150. The largest absolute Gasteiger partial charge is 0.468 e. The number of hydrogen-bond acceptors (Lipinski definition) is 8. The molecule has 3 atom stereocenters. The van der Waals surface area contributed by atoms with Crippen LogP contribution in [0.15, 0.2) is 102 Å². The van der Waals surface area contributed by atoms with Crippen LogP contribution < -0.4 is 10.6 Å². The quantitative estimate of drug-likeness (QED) is 0.392. The van der Waals surface area contributed by atoms with Gasteiger partial charge in [0.15, 0.2) is 5.78 Å². The van der Waals surface area contributed by atoms with Crippen molar-refractivity contribution in [3.8, 4) is 0 Å². The minimum absolute atomic E-state index is 0.0173. The lowest BCUT2D eigenvalue weighted by Gasteiger charge is -2.44. The topological polar surface area (TPSA) is 112 Å². The Bertz CT molecular complexity index is 1490. The van der Waals surface area contributed by atoms with Crippen LogP contribution in [0, 0.1) is 11.7 Å². The third-order valence-electron chi connectivity index (χ3n) is 7.23. The number of carbonyl (C=O) groups excluding carboxylic acids is 3. The molecule has 2 heterocycles. The first-order chi connectivity index (χ1) is 18.9. The molecule has 1 aromatic heterocycles. The smallest absolute Gasteiger partial charge is 0.338 e. The van der Waals surface area contributed by atoms with Crippen LogP contribution in [-0.2, 0) is 23.9 Å². The van der Waals surface area contributed by atoms with Crippen molar-refractivity contribution < 1.29 is 28.2 Å². The first-order valence-electron chi connectivity index (χ1n) is 12.3. The zero-order valence-electron chi connectivity index (χ0n) is 21.3. The van der Waals surface area contributed by atoms with Crippen molar-refractivity contribution in [1.82, 2.24) is 4.98 Å². The molecule has 0 saturated carbocycles. The van der Waals surface area contributed by atoms with E-state index >= 15 is 0 Å². The molecule has 2 aromatic carbocycles. The fourth-order valence-electron chi connectivity index (χ4n) is 5.51. The highest BCUT2D eigenvalue weighted by molar-refractivity contribution is 6.14. The zero-order valence-corrected chi connectivity index (χ0v) is 21.3. The van der Waals surface area contributed by atoms with Crippen molar-refractivity contribution in [2.75, 3.05) is 19.1 Å². The molecule has 3 aromatic rings. The number of ether oxygens (including phenoxy) is 2. The first kappa shape index (κ1) is 25.8. The van der Waals surface area contributed by atoms with Crippen molar-refractivity contribution in [1.29, 1.82) is 0 Å². The van der Waals surface area contributed by atoms with Crippen molar-refractivity contribution in [3.05, 3.63) is 119 Å². The van der Waals surface area contributed by atoms with Gasteiger partial charge in [-0.25, -0.2) is 9.18 Å². The van der Waals surface area contributed by atoms with E-state index in [-0.39, 0.29) is 23.4 Å². The second-order valence-electron chi connectivity index (χ2n) is 9.27. The normalized spacial score (nSPS) is 20.9. The summed E-state index contributed by atoms with van der Waals surface area (Å²) in [6, 6.07) is 18.2. The number of esters is 2. The summed E-state index contributed by atoms with van der Waals surface area (Å²) in [5.74, 6) is -5.02. The van der Waals surface area contributed by atoms with E-state index in [0.29, 0.717) is 16.9 Å². The summed E-state index contributed by atoms with van der Waals surface area (Å²) in [5.41, 5.74) is 9.18. The first-order valence-corrected chi connectivity index (χ1v) is 12.3. The van der Waals surface area contributed by atoms with Gasteiger partial charge in [-0.1, -0.05) is 36.4 Å². The molecule has 0 saturated heterocycles. The number of nitrogens with zero attached hydrogens (tertiary/aromatic N) is 2. The summed E-state index contributed by atoms with van der Waals surface area (Å²) in [7, 11) is 2.46. The number of aromatic nitrogens is 1. The molecule has 39 heavy (non-hydrogen) atoms. The Morgan fingerprint density at radius 3 is 2.28 bits per heavy atom. The number of ketones is 1. The number of anilines is 1. The van der Waals surface area contributed by atoms with Gasteiger partial charge >= 0.3 is 11.9 Å². The van der Waals surface area contributed by atoms with E-state index < -0.39 is 41.3 Å². The van der Waals surface area contributed by atoms with Crippen LogP contribution in [-0.4, -0.2) is 36.9 Å². The minimum Gasteiger partial charge on any atom is -0.468 e. The molecule has 3 unspecified atom stereocenters. The van der Waals surface area contributed by atoms with Crippen LogP contribution in [0.2, 0.25) is 0 Å². The van der Waals surface area contributed by atoms with Gasteiger partial charge in [0.05, 0.1) is 25.7 Å². The number of allylic oxidation sites excluding steroid dienone is 2. The summed E-state index contributed by atoms with van der Waals surface area (Å²) in [6.45, 7) is 0. The Hall–Kier alpha value is -4.79. The predicted molar refractivity (Wildman–Crippen MR) is 140 cm³/mol. The van der Waals surface area contributed by atoms with Gasteiger partial charge in [0.1, 0.15) is 17.6 Å². The molecule has 0 radical (unpaired) electrons. The van der Waals surface area contributed by atoms with Gasteiger partial charge in [0.2, 0.25) is 0 Å². The molecule has 0 spiro atoms. The Morgan fingerprint density at radius 1 is 0.974 bits per heavy atom. The van der Waals surface area contributed by atoms with Crippen LogP contribution in [0.4, 0.5) is 10.1 Å². The third-order valence-corrected chi connectivity index (χ3v) is 7.23. The average Bonchev–Trinajstić information content (AvgIpc) is 2.97. The molecule has 198 valence electrons. The predicted octanol–water partition coefficient (Wildman–Crippen LogP) is 3.97. The summed E-state index contributed by atoms with van der Waals surface area (Å²) in [4.78, 5) is 46.6. The molecule has 0 amide bonds. The molecule has 5 rings (SSSR count). The number of halogens is 1. The lowest BCUT2D eigenvalue weighted by atomic mass is 9.67. The molecular weight excluding hydrogens is 501 g/mol. The third kappa shape index (κ3) is 4.46.